The molecule has 0 heterocycles. The summed E-state index contributed by atoms with van der Waals surface area (Å²) in [5.41, 5.74) is 0. The second-order valence-electron chi connectivity index (χ2n) is 4.70. The van der Waals surface area contributed by atoms with Gasteiger partial charge < -0.3 is 14.8 Å². The summed E-state index contributed by atoms with van der Waals surface area (Å²) in [5, 5.41) is 3.39. The SMILES string of the molecule is COCC(CNCC(C)C)Oc1cccc(Br)c1. The monoisotopic (exact) mass is 315 g/mol. The Balaban J connectivity index is 2.46. The quantitative estimate of drug-likeness (QED) is 0.799. The average Bonchev–Trinajstić information content (AvgIpc) is 2.28. The van der Waals surface area contributed by atoms with Crippen molar-refractivity contribution in [3.8, 4) is 5.75 Å². The second kappa shape index (κ2) is 8.51. The molecule has 0 saturated carbocycles. The number of rotatable bonds is 8. The second-order valence-corrected chi connectivity index (χ2v) is 5.62. The molecular weight excluding hydrogens is 294 g/mol. The summed E-state index contributed by atoms with van der Waals surface area (Å²) < 4.78 is 12.1. The van der Waals surface area contributed by atoms with Crippen LogP contribution in [0.1, 0.15) is 13.8 Å². The zero-order valence-electron chi connectivity index (χ0n) is 11.3. The lowest BCUT2D eigenvalue weighted by molar-refractivity contribution is 0.0802. The van der Waals surface area contributed by atoms with Gasteiger partial charge in [-0.2, -0.15) is 0 Å². The topological polar surface area (TPSA) is 30.5 Å². The van der Waals surface area contributed by atoms with Crippen molar-refractivity contribution in [1.82, 2.24) is 5.32 Å². The van der Waals surface area contributed by atoms with Gasteiger partial charge >= 0.3 is 0 Å². The highest BCUT2D eigenvalue weighted by Gasteiger charge is 2.10. The van der Waals surface area contributed by atoms with Gasteiger partial charge in [-0.25, -0.2) is 0 Å². The van der Waals surface area contributed by atoms with Gasteiger partial charge in [-0.1, -0.05) is 35.8 Å². The van der Waals surface area contributed by atoms with E-state index in [4.69, 9.17) is 9.47 Å². The van der Waals surface area contributed by atoms with Crippen LogP contribution in [-0.2, 0) is 4.74 Å². The highest BCUT2D eigenvalue weighted by atomic mass is 79.9. The van der Waals surface area contributed by atoms with Crippen molar-refractivity contribution in [2.24, 2.45) is 5.92 Å². The van der Waals surface area contributed by atoms with E-state index in [0.29, 0.717) is 12.5 Å². The van der Waals surface area contributed by atoms with Gasteiger partial charge in [0.1, 0.15) is 11.9 Å². The first-order valence-corrected chi connectivity index (χ1v) is 7.03. The molecule has 0 aromatic heterocycles. The molecule has 0 aliphatic heterocycles. The maximum atomic E-state index is 5.90. The molecule has 1 aromatic rings. The summed E-state index contributed by atoms with van der Waals surface area (Å²) in [7, 11) is 1.69. The first-order chi connectivity index (χ1) is 8.61. The van der Waals surface area contributed by atoms with E-state index >= 15 is 0 Å². The number of methoxy groups -OCH3 is 1. The molecule has 1 aromatic carbocycles. The molecule has 102 valence electrons. The molecule has 0 aliphatic rings. The average molecular weight is 316 g/mol. The van der Waals surface area contributed by atoms with Crippen LogP contribution in [0.3, 0.4) is 0 Å². The van der Waals surface area contributed by atoms with E-state index in [-0.39, 0.29) is 6.10 Å². The van der Waals surface area contributed by atoms with Crippen LogP contribution >= 0.6 is 15.9 Å². The van der Waals surface area contributed by atoms with Crippen molar-refractivity contribution >= 4 is 15.9 Å². The summed E-state index contributed by atoms with van der Waals surface area (Å²) in [6, 6.07) is 7.86. The molecule has 1 N–H and O–H groups in total. The zero-order chi connectivity index (χ0) is 13.4. The minimum atomic E-state index is 0.0306. The van der Waals surface area contributed by atoms with Gasteiger partial charge in [-0.05, 0) is 30.7 Å². The molecule has 0 aliphatic carbocycles. The Morgan fingerprint density at radius 2 is 2.06 bits per heavy atom. The molecule has 1 rings (SSSR count). The van der Waals surface area contributed by atoms with Gasteiger partial charge in [0.15, 0.2) is 0 Å². The van der Waals surface area contributed by atoms with Crippen LogP contribution in [0.5, 0.6) is 5.75 Å². The lowest BCUT2D eigenvalue weighted by atomic mass is 10.2. The largest absolute Gasteiger partial charge is 0.487 e. The van der Waals surface area contributed by atoms with Crippen molar-refractivity contribution in [2.45, 2.75) is 20.0 Å². The molecule has 1 unspecified atom stereocenters. The van der Waals surface area contributed by atoms with Crippen LogP contribution in [-0.4, -0.2) is 32.9 Å². The molecule has 4 heteroatoms. The number of ether oxygens (including phenoxy) is 2. The van der Waals surface area contributed by atoms with Gasteiger partial charge in [-0.15, -0.1) is 0 Å². The Morgan fingerprint density at radius 1 is 1.28 bits per heavy atom. The van der Waals surface area contributed by atoms with Gasteiger partial charge in [0.25, 0.3) is 0 Å². The fraction of sp³-hybridized carbons (Fsp3) is 0.571. The van der Waals surface area contributed by atoms with E-state index in [2.05, 4.69) is 35.1 Å². The zero-order valence-corrected chi connectivity index (χ0v) is 12.9. The normalized spacial score (nSPS) is 12.7. The lowest BCUT2D eigenvalue weighted by Gasteiger charge is -2.19. The van der Waals surface area contributed by atoms with Gasteiger partial charge in [0.05, 0.1) is 6.61 Å². The van der Waals surface area contributed by atoms with Gasteiger partial charge in [0, 0.05) is 18.1 Å². The number of nitrogens with one attached hydrogen (secondary N) is 1. The highest BCUT2D eigenvalue weighted by molar-refractivity contribution is 9.10. The maximum Gasteiger partial charge on any atom is 0.134 e. The van der Waals surface area contributed by atoms with Crippen molar-refractivity contribution in [3.05, 3.63) is 28.7 Å². The molecule has 3 nitrogen and oxygen atoms in total. The Bertz CT molecular complexity index is 344. The van der Waals surface area contributed by atoms with Crippen molar-refractivity contribution < 1.29 is 9.47 Å². The summed E-state index contributed by atoms with van der Waals surface area (Å²) in [4.78, 5) is 0. The molecule has 0 fully saturated rings. The van der Waals surface area contributed by atoms with E-state index in [0.717, 1.165) is 23.3 Å². The predicted molar refractivity (Wildman–Crippen MR) is 78.1 cm³/mol. The van der Waals surface area contributed by atoms with E-state index in [1.54, 1.807) is 7.11 Å². The van der Waals surface area contributed by atoms with Crippen LogP contribution in [0.4, 0.5) is 0 Å². The minimum absolute atomic E-state index is 0.0306. The minimum Gasteiger partial charge on any atom is -0.487 e. The predicted octanol–water partition coefficient (Wildman–Crippen LogP) is 3.09. The van der Waals surface area contributed by atoms with E-state index in [9.17, 15) is 0 Å². The summed E-state index contributed by atoms with van der Waals surface area (Å²) in [6.07, 6.45) is 0.0306. The Hall–Kier alpha value is -0.580. The number of benzene rings is 1. The lowest BCUT2D eigenvalue weighted by Crippen LogP contribution is -2.36. The van der Waals surface area contributed by atoms with Crippen LogP contribution in [0.15, 0.2) is 28.7 Å². The fourth-order valence-electron chi connectivity index (χ4n) is 1.59. The Labute approximate surface area is 118 Å². The highest BCUT2D eigenvalue weighted by Crippen LogP contribution is 2.18. The molecular formula is C14H22BrNO2. The summed E-state index contributed by atoms with van der Waals surface area (Å²) >= 11 is 3.44. The first kappa shape index (κ1) is 15.5. The van der Waals surface area contributed by atoms with Crippen molar-refractivity contribution in [1.29, 1.82) is 0 Å². The van der Waals surface area contributed by atoms with Crippen LogP contribution < -0.4 is 10.1 Å². The fourth-order valence-corrected chi connectivity index (χ4v) is 1.96. The van der Waals surface area contributed by atoms with Gasteiger partial charge in [-0.3, -0.25) is 0 Å². The van der Waals surface area contributed by atoms with E-state index < -0.39 is 0 Å². The van der Waals surface area contributed by atoms with Crippen LogP contribution in [0.2, 0.25) is 0 Å². The standard InChI is InChI=1S/C14H22BrNO2/c1-11(2)8-16-9-14(10-17-3)18-13-6-4-5-12(15)7-13/h4-7,11,14,16H,8-10H2,1-3H3. The summed E-state index contributed by atoms with van der Waals surface area (Å²) in [5.74, 6) is 1.50. The van der Waals surface area contributed by atoms with Crippen molar-refractivity contribution in [2.75, 3.05) is 26.8 Å². The third kappa shape index (κ3) is 6.38. The molecule has 0 amide bonds. The molecule has 0 bridgehead atoms. The molecule has 0 radical (unpaired) electrons. The molecule has 18 heavy (non-hydrogen) atoms. The van der Waals surface area contributed by atoms with E-state index in [1.807, 2.05) is 24.3 Å². The van der Waals surface area contributed by atoms with Gasteiger partial charge in [0.2, 0.25) is 0 Å². The maximum absolute atomic E-state index is 5.90. The van der Waals surface area contributed by atoms with Crippen LogP contribution in [0, 0.1) is 5.92 Å². The molecule has 0 saturated heterocycles. The Kier molecular flexibility index (Phi) is 7.32. The van der Waals surface area contributed by atoms with Crippen molar-refractivity contribution in [3.63, 3.8) is 0 Å². The Morgan fingerprint density at radius 3 is 2.67 bits per heavy atom. The smallest absolute Gasteiger partial charge is 0.134 e. The van der Waals surface area contributed by atoms with E-state index in [1.165, 1.54) is 0 Å². The third-order valence-electron chi connectivity index (χ3n) is 2.38. The first-order valence-electron chi connectivity index (χ1n) is 6.23. The summed E-state index contributed by atoms with van der Waals surface area (Å²) in [6.45, 7) is 6.74. The third-order valence-corrected chi connectivity index (χ3v) is 2.87. The number of hydrogen-bond acceptors (Lipinski definition) is 3. The molecule has 1 atom stereocenters. The van der Waals surface area contributed by atoms with Crippen LogP contribution in [0.25, 0.3) is 0 Å². The number of hydrogen-bond donors (Lipinski definition) is 1. The molecule has 0 spiro atoms. The number of halogens is 1.